The predicted octanol–water partition coefficient (Wildman–Crippen LogP) is 5.07. The van der Waals surface area contributed by atoms with E-state index in [2.05, 4.69) is 17.0 Å². The lowest BCUT2D eigenvalue weighted by atomic mass is 10.1. The fraction of sp³-hybridized carbons (Fsp3) is 0.226. The van der Waals surface area contributed by atoms with Crippen molar-refractivity contribution in [1.29, 1.82) is 0 Å². The molecule has 1 saturated heterocycles. The van der Waals surface area contributed by atoms with Crippen molar-refractivity contribution in [2.45, 2.75) is 19.8 Å². The van der Waals surface area contributed by atoms with Crippen LogP contribution in [0.25, 0.3) is 16.7 Å². The zero-order valence-corrected chi connectivity index (χ0v) is 21.5. The molecular formula is C31H30N6O. The minimum atomic E-state index is 0.0967. The van der Waals surface area contributed by atoms with Crippen molar-refractivity contribution in [2.75, 3.05) is 31.1 Å². The maximum Gasteiger partial charge on any atom is 0.254 e. The third-order valence-electron chi connectivity index (χ3n) is 7.12. The van der Waals surface area contributed by atoms with Gasteiger partial charge < -0.3 is 9.80 Å². The van der Waals surface area contributed by atoms with Gasteiger partial charge in [-0.25, -0.2) is 14.6 Å². The molecule has 7 heteroatoms. The Bertz CT molecular complexity index is 1560. The smallest absolute Gasteiger partial charge is 0.254 e. The Morgan fingerprint density at radius 2 is 1.55 bits per heavy atom. The van der Waals surface area contributed by atoms with Crippen LogP contribution in [-0.2, 0) is 6.42 Å². The number of hydrogen-bond acceptors (Lipinski definition) is 5. The second kappa shape index (κ2) is 10.5. The van der Waals surface area contributed by atoms with Gasteiger partial charge in [-0.05, 0) is 42.7 Å². The summed E-state index contributed by atoms with van der Waals surface area (Å²) in [6, 6.07) is 28.2. The van der Waals surface area contributed by atoms with Gasteiger partial charge in [0.05, 0.1) is 17.3 Å². The van der Waals surface area contributed by atoms with E-state index in [-0.39, 0.29) is 5.91 Å². The van der Waals surface area contributed by atoms with E-state index in [1.165, 1.54) is 0 Å². The fourth-order valence-corrected chi connectivity index (χ4v) is 5.11. The number of para-hydroxylation sites is 1. The van der Waals surface area contributed by atoms with Crippen LogP contribution in [-0.4, -0.2) is 56.7 Å². The molecule has 0 saturated carbocycles. The Balaban J connectivity index is 1.35. The second-order valence-electron chi connectivity index (χ2n) is 9.70. The molecule has 1 aliphatic heterocycles. The van der Waals surface area contributed by atoms with E-state index in [0.29, 0.717) is 19.5 Å². The first kappa shape index (κ1) is 23.9. The Morgan fingerprint density at radius 3 is 2.34 bits per heavy atom. The average molecular weight is 503 g/mol. The van der Waals surface area contributed by atoms with Gasteiger partial charge in [-0.3, -0.25) is 4.79 Å². The van der Waals surface area contributed by atoms with Gasteiger partial charge in [-0.1, -0.05) is 66.7 Å². The van der Waals surface area contributed by atoms with E-state index in [9.17, 15) is 4.79 Å². The minimum absolute atomic E-state index is 0.0967. The summed E-state index contributed by atoms with van der Waals surface area (Å²) in [5.74, 6) is 1.74. The van der Waals surface area contributed by atoms with E-state index < -0.39 is 0 Å². The lowest BCUT2D eigenvalue weighted by molar-refractivity contribution is 0.0766. The van der Waals surface area contributed by atoms with E-state index in [1.807, 2.05) is 95.5 Å². The van der Waals surface area contributed by atoms with Crippen molar-refractivity contribution < 1.29 is 4.79 Å². The van der Waals surface area contributed by atoms with Crippen molar-refractivity contribution in [3.63, 3.8) is 0 Å². The summed E-state index contributed by atoms with van der Waals surface area (Å²) in [7, 11) is 0. The van der Waals surface area contributed by atoms with Gasteiger partial charge in [0.1, 0.15) is 11.6 Å². The molecule has 0 unspecified atom stereocenters. The Labute approximate surface area is 222 Å². The molecule has 5 aromatic rings. The number of aryl methyl sites for hydroxylation is 1. The molecule has 190 valence electrons. The first-order valence-electron chi connectivity index (χ1n) is 13.1. The van der Waals surface area contributed by atoms with Crippen LogP contribution in [0.1, 0.15) is 33.7 Å². The van der Waals surface area contributed by atoms with Crippen LogP contribution in [0.4, 0.5) is 5.82 Å². The first-order valence-corrected chi connectivity index (χ1v) is 13.1. The number of aromatic nitrogens is 4. The summed E-state index contributed by atoms with van der Waals surface area (Å²) in [6.07, 6.45) is 3.37. The molecule has 1 aliphatic rings. The van der Waals surface area contributed by atoms with Gasteiger partial charge in [0.25, 0.3) is 5.91 Å². The predicted molar refractivity (Wildman–Crippen MR) is 150 cm³/mol. The summed E-state index contributed by atoms with van der Waals surface area (Å²) in [5, 5.41) is 5.63. The fourth-order valence-electron chi connectivity index (χ4n) is 5.11. The summed E-state index contributed by atoms with van der Waals surface area (Å²) in [4.78, 5) is 27.6. The number of anilines is 1. The van der Waals surface area contributed by atoms with Crippen LogP contribution in [0.2, 0.25) is 0 Å². The van der Waals surface area contributed by atoms with Crippen molar-refractivity contribution in [3.05, 3.63) is 114 Å². The number of amides is 1. The third-order valence-corrected chi connectivity index (χ3v) is 7.12. The Morgan fingerprint density at radius 1 is 0.816 bits per heavy atom. The van der Waals surface area contributed by atoms with E-state index >= 15 is 0 Å². The van der Waals surface area contributed by atoms with Crippen LogP contribution in [0.15, 0.2) is 91.1 Å². The number of carbonyl (C=O) groups is 1. The highest BCUT2D eigenvalue weighted by molar-refractivity contribution is 5.95. The number of carbonyl (C=O) groups excluding carboxylic acids is 1. The zero-order valence-electron chi connectivity index (χ0n) is 21.5. The van der Waals surface area contributed by atoms with Crippen LogP contribution < -0.4 is 4.90 Å². The molecule has 38 heavy (non-hydrogen) atoms. The van der Waals surface area contributed by atoms with Crippen LogP contribution in [0, 0.1) is 6.92 Å². The highest BCUT2D eigenvalue weighted by Crippen LogP contribution is 2.28. The molecule has 6 rings (SSSR count). The van der Waals surface area contributed by atoms with Gasteiger partial charge in [0, 0.05) is 38.2 Å². The van der Waals surface area contributed by atoms with Gasteiger partial charge in [-0.2, -0.15) is 5.10 Å². The molecule has 0 N–H and O–H groups in total. The van der Waals surface area contributed by atoms with Crippen molar-refractivity contribution in [1.82, 2.24) is 24.6 Å². The van der Waals surface area contributed by atoms with Crippen LogP contribution in [0.5, 0.6) is 0 Å². The van der Waals surface area contributed by atoms with E-state index in [0.717, 1.165) is 64.6 Å². The molecule has 3 heterocycles. The van der Waals surface area contributed by atoms with E-state index in [1.54, 1.807) is 0 Å². The third kappa shape index (κ3) is 4.75. The quantitative estimate of drug-likeness (QED) is 0.336. The topological polar surface area (TPSA) is 67.2 Å². The zero-order chi connectivity index (χ0) is 25.9. The molecule has 0 atom stereocenters. The van der Waals surface area contributed by atoms with Gasteiger partial charge in [-0.15, -0.1) is 0 Å². The molecule has 1 fully saturated rings. The lowest BCUT2D eigenvalue weighted by Crippen LogP contribution is -2.35. The summed E-state index contributed by atoms with van der Waals surface area (Å²) in [5.41, 5.74) is 4.71. The maximum absolute atomic E-state index is 13.3. The van der Waals surface area contributed by atoms with Crippen LogP contribution in [0.3, 0.4) is 0 Å². The molecule has 0 spiro atoms. The largest absolute Gasteiger partial charge is 0.354 e. The molecular weight excluding hydrogens is 472 g/mol. The lowest BCUT2D eigenvalue weighted by Gasteiger charge is -2.24. The number of rotatable bonds is 5. The van der Waals surface area contributed by atoms with Crippen molar-refractivity contribution in [3.8, 4) is 5.69 Å². The van der Waals surface area contributed by atoms with Gasteiger partial charge >= 0.3 is 0 Å². The molecule has 0 radical (unpaired) electrons. The molecule has 7 nitrogen and oxygen atoms in total. The van der Waals surface area contributed by atoms with Crippen molar-refractivity contribution >= 4 is 22.8 Å². The summed E-state index contributed by atoms with van der Waals surface area (Å²) in [6.45, 7) is 4.86. The minimum Gasteiger partial charge on any atom is -0.354 e. The highest BCUT2D eigenvalue weighted by Gasteiger charge is 2.24. The average Bonchev–Trinajstić information content (AvgIpc) is 3.22. The summed E-state index contributed by atoms with van der Waals surface area (Å²) < 4.78 is 1.89. The van der Waals surface area contributed by atoms with Gasteiger partial charge in [0.15, 0.2) is 5.65 Å². The molecule has 2 aromatic heterocycles. The maximum atomic E-state index is 13.3. The number of nitrogens with zero attached hydrogens (tertiary/aromatic N) is 6. The molecule has 0 aliphatic carbocycles. The monoisotopic (exact) mass is 502 g/mol. The van der Waals surface area contributed by atoms with Crippen molar-refractivity contribution in [2.24, 2.45) is 0 Å². The molecule has 1 amide bonds. The number of fused-ring (bicyclic) bond motifs is 1. The Hall–Kier alpha value is -4.52. The van der Waals surface area contributed by atoms with Gasteiger partial charge in [0.2, 0.25) is 0 Å². The SMILES string of the molecule is Cc1ccccc1C(=O)N1CCCN(c2nc(Cc3ccccc3)nc3c2cnn3-c2ccccc2)CC1. The Kier molecular flexibility index (Phi) is 6.56. The second-order valence-corrected chi connectivity index (χ2v) is 9.70. The first-order chi connectivity index (χ1) is 18.7. The standard InChI is InChI=1S/C31H30N6O/c1-23-11-8-9-16-26(23)31(38)36-18-10-17-35(19-20-36)29-27-22-32-37(25-14-6-3-7-15-25)30(27)34-28(33-29)21-24-12-4-2-5-13-24/h2-9,11-16,22H,10,17-21H2,1H3. The van der Waals surface area contributed by atoms with E-state index in [4.69, 9.17) is 15.1 Å². The molecule has 3 aromatic carbocycles. The molecule has 0 bridgehead atoms. The summed E-state index contributed by atoms with van der Waals surface area (Å²) >= 11 is 0. The number of hydrogen-bond donors (Lipinski definition) is 0. The normalized spacial score (nSPS) is 14.0. The van der Waals surface area contributed by atoms with Crippen LogP contribution >= 0.6 is 0 Å². The number of benzene rings is 3. The highest BCUT2D eigenvalue weighted by atomic mass is 16.2.